The number of rotatable bonds is 2. The normalized spacial score (nSPS) is 24.2. The molecule has 12 heavy (non-hydrogen) atoms. The molecule has 0 bridgehead atoms. The summed E-state index contributed by atoms with van der Waals surface area (Å²) in [5, 5.41) is 0. The molecule has 2 heteroatoms. The van der Waals surface area contributed by atoms with Crippen LogP contribution in [0.25, 0.3) is 0 Å². The summed E-state index contributed by atoms with van der Waals surface area (Å²) >= 11 is 0. The topological polar surface area (TPSA) is 40.7 Å². The molecule has 1 heterocycles. The Bertz CT molecular complexity index is 124. The molecule has 1 unspecified atom stereocenters. The summed E-state index contributed by atoms with van der Waals surface area (Å²) < 4.78 is 5.39. The molecule has 2 N–H and O–H groups in total. The number of ether oxygens (including phenoxy) is 1. The van der Waals surface area contributed by atoms with Crippen LogP contribution in [0.15, 0.2) is 0 Å². The minimum atomic E-state index is 0. The van der Waals surface area contributed by atoms with Gasteiger partial charge in [-0.3, -0.25) is 0 Å². The molecule has 1 saturated heterocycles. The fourth-order valence-corrected chi connectivity index (χ4v) is 1.59. The monoisotopic (exact) mass is 174 g/mol. The first kappa shape index (κ1) is 11.9. The van der Waals surface area contributed by atoms with Gasteiger partial charge in [0.15, 0.2) is 0 Å². The Morgan fingerprint density at radius 2 is 1.92 bits per heavy atom. The van der Waals surface area contributed by atoms with Gasteiger partial charge in [-0.2, -0.15) is 0 Å². The maximum atomic E-state index is 5.39. The Morgan fingerprint density at radius 3 is 2.25 bits per heavy atom. The van der Waals surface area contributed by atoms with Crippen molar-refractivity contribution in [3.8, 4) is 0 Å². The second-order valence-electron chi connectivity index (χ2n) is 4.54. The van der Waals surface area contributed by atoms with Crippen LogP contribution in [0.4, 0.5) is 0 Å². The summed E-state index contributed by atoms with van der Waals surface area (Å²) in [7, 11) is 0. The first-order chi connectivity index (χ1) is 5.05. The first-order valence-corrected chi connectivity index (χ1v) is 4.63. The van der Waals surface area contributed by atoms with Gasteiger partial charge in [0.2, 0.25) is 0 Å². The van der Waals surface area contributed by atoms with E-state index < -0.39 is 0 Å². The van der Waals surface area contributed by atoms with Gasteiger partial charge >= 0.3 is 0 Å². The van der Waals surface area contributed by atoms with Gasteiger partial charge in [-0.1, -0.05) is 27.7 Å². The first-order valence-electron chi connectivity index (χ1n) is 4.63. The van der Waals surface area contributed by atoms with Crippen LogP contribution in [0.5, 0.6) is 0 Å². The summed E-state index contributed by atoms with van der Waals surface area (Å²) in [4.78, 5) is 0. The zero-order valence-corrected chi connectivity index (χ0v) is 8.68. The fraction of sp³-hybridized carbons (Fsp3) is 1.00. The van der Waals surface area contributed by atoms with Crippen LogP contribution in [0, 0.1) is 17.3 Å². The predicted octanol–water partition coefficient (Wildman–Crippen LogP) is 1.88. The highest BCUT2D eigenvalue weighted by Crippen LogP contribution is 2.39. The standard InChI is InChI=1S/C10H20O.H2O/c1-8(2)10(3,4)9-5-6-11-7-9;/h8-9H,5-7H2,1-4H3;1H2. The molecule has 74 valence electrons. The molecule has 0 amide bonds. The van der Waals surface area contributed by atoms with E-state index >= 15 is 0 Å². The van der Waals surface area contributed by atoms with E-state index in [4.69, 9.17) is 4.74 Å². The molecule has 0 saturated carbocycles. The van der Waals surface area contributed by atoms with E-state index in [1.807, 2.05) is 0 Å². The van der Waals surface area contributed by atoms with Crippen molar-refractivity contribution in [1.29, 1.82) is 0 Å². The Balaban J connectivity index is 0.00000121. The van der Waals surface area contributed by atoms with Gasteiger partial charge in [0, 0.05) is 13.2 Å². The van der Waals surface area contributed by atoms with Crippen molar-refractivity contribution in [3.63, 3.8) is 0 Å². The van der Waals surface area contributed by atoms with E-state index in [9.17, 15) is 0 Å². The van der Waals surface area contributed by atoms with Gasteiger partial charge in [0.25, 0.3) is 0 Å². The quantitative estimate of drug-likeness (QED) is 0.630. The molecule has 1 aliphatic heterocycles. The van der Waals surface area contributed by atoms with Gasteiger partial charge in [0.05, 0.1) is 0 Å². The molecule has 0 aromatic carbocycles. The molecular weight excluding hydrogens is 152 g/mol. The second-order valence-corrected chi connectivity index (χ2v) is 4.54. The Kier molecular flexibility index (Phi) is 4.21. The lowest BCUT2D eigenvalue weighted by Crippen LogP contribution is -2.29. The summed E-state index contributed by atoms with van der Waals surface area (Å²) in [6.07, 6.45) is 1.26. The van der Waals surface area contributed by atoms with Crippen molar-refractivity contribution in [1.82, 2.24) is 0 Å². The lowest BCUT2D eigenvalue weighted by molar-refractivity contribution is 0.107. The van der Waals surface area contributed by atoms with E-state index in [0.29, 0.717) is 5.41 Å². The van der Waals surface area contributed by atoms with Crippen molar-refractivity contribution in [2.45, 2.75) is 34.1 Å². The summed E-state index contributed by atoms with van der Waals surface area (Å²) in [6, 6.07) is 0. The molecule has 0 aromatic heterocycles. The van der Waals surface area contributed by atoms with E-state index in [2.05, 4.69) is 27.7 Å². The molecule has 0 aromatic rings. The zero-order chi connectivity index (χ0) is 8.48. The fourth-order valence-electron chi connectivity index (χ4n) is 1.59. The van der Waals surface area contributed by atoms with Crippen molar-refractivity contribution in [3.05, 3.63) is 0 Å². The van der Waals surface area contributed by atoms with Gasteiger partial charge in [0.1, 0.15) is 0 Å². The molecule has 0 radical (unpaired) electrons. The Morgan fingerprint density at radius 1 is 1.33 bits per heavy atom. The third-order valence-corrected chi connectivity index (χ3v) is 3.47. The summed E-state index contributed by atoms with van der Waals surface area (Å²) in [5.41, 5.74) is 0.455. The average molecular weight is 174 g/mol. The number of hydrogen-bond donors (Lipinski definition) is 0. The number of hydrogen-bond acceptors (Lipinski definition) is 1. The predicted molar refractivity (Wildman–Crippen MR) is 51.2 cm³/mol. The Hall–Kier alpha value is -0.0800. The van der Waals surface area contributed by atoms with Crippen LogP contribution < -0.4 is 0 Å². The second kappa shape index (κ2) is 4.24. The summed E-state index contributed by atoms with van der Waals surface area (Å²) in [5.74, 6) is 1.54. The van der Waals surface area contributed by atoms with Gasteiger partial charge in [-0.15, -0.1) is 0 Å². The average Bonchev–Trinajstić information content (AvgIpc) is 2.37. The molecule has 0 aliphatic carbocycles. The SMILES string of the molecule is CC(C)C(C)(C)C1CCOC1.O. The van der Waals surface area contributed by atoms with E-state index in [0.717, 1.165) is 25.0 Å². The lowest BCUT2D eigenvalue weighted by Gasteiger charge is -2.34. The third-order valence-electron chi connectivity index (χ3n) is 3.47. The minimum absolute atomic E-state index is 0. The molecule has 1 fully saturated rings. The van der Waals surface area contributed by atoms with Gasteiger partial charge in [-0.05, 0) is 23.7 Å². The van der Waals surface area contributed by atoms with Crippen molar-refractivity contribution in [2.75, 3.05) is 13.2 Å². The molecule has 2 nitrogen and oxygen atoms in total. The maximum Gasteiger partial charge on any atom is 0.0500 e. The molecule has 0 spiro atoms. The van der Waals surface area contributed by atoms with Gasteiger partial charge < -0.3 is 10.2 Å². The van der Waals surface area contributed by atoms with Crippen LogP contribution in [0.2, 0.25) is 0 Å². The minimum Gasteiger partial charge on any atom is -0.412 e. The van der Waals surface area contributed by atoms with Crippen LogP contribution in [-0.2, 0) is 4.74 Å². The summed E-state index contributed by atoms with van der Waals surface area (Å²) in [6.45, 7) is 11.3. The van der Waals surface area contributed by atoms with Crippen LogP contribution in [0.3, 0.4) is 0 Å². The van der Waals surface area contributed by atoms with E-state index in [-0.39, 0.29) is 5.48 Å². The van der Waals surface area contributed by atoms with E-state index in [1.54, 1.807) is 0 Å². The third kappa shape index (κ3) is 2.20. The van der Waals surface area contributed by atoms with Crippen molar-refractivity contribution >= 4 is 0 Å². The highest BCUT2D eigenvalue weighted by molar-refractivity contribution is 4.83. The van der Waals surface area contributed by atoms with Crippen LogP contribution in [-0.4, -0.2) is 18.7 Å². The van der Waals surface area contributed by atoms with Crippen molar-refractivity contribution < 1.29 is 10.2 Å². The van der Waals surface area contributed by atoms with Crippen LogP contribution in [0.1, 0.15) is 34.1 Å². The van der Waals surface area contributed by atoms with Crippen LogP contribution >= 0.6 is 0 Å². The zero-order valence-electron chi connectivity index (χ0n) is 8.68. The molecule has 1 aliphatic rings. The Labute approximate surface area is 75.6 Å². The van der Waals surface area contributed by atoms with E-state index in [1.165, 1.54) is 6.42 Å². The highest BCUT2D eigenvalue weighted by Gasteiger charge is 2.34. The molecular formula is C10H22O2. The maximum absolute atomic E-state index is 5.39. The molecule has 1 atom stereocenters. The smallest absolute Gasteiger partial charge is 0.0500 e. The largest absolute Gasteiger partial charge is 0.412 e. The van der Waals surface area contributed by atoms with Gasteiger partial charge in [-0.25, -0.2) is 0 Å². The highest BCUT2D eigenvalue weighted by atomic mass is 16.5. The lowest BCUT2D eigenvalue weighted by atomic mass is 9.70. The molecule has 1 rings (SSSR count). The van der Waals surface area contributed by atoms with Crippen molar-refractivity contribution in [2.24, 2.45) is 17.3 Å².